The van der Waals surface area contributed by atoms with Crippen LogP contribution >= 0.6 is 0 Å². The molecule has 1 aromatic carbocycles. The van der Waals surface area contributed by atoms with E-state index in [1.807, 2.05) is 19.1 Å². The Kier molecular flexibility index (Phi) is 4.67. The topological polar surface area (TPSA) is 80.5 Å². The zero-order chi connectivity index (χ0) is 15.5. The normalized spacial score (nSPS) is 20.7. The molecule has 1 atom stereocenters. The van der Waals surface area contributed by atoms with E-state index in [1.54, 1.807) is 23.1 Å². The summed E-state index contributed by atoms with van der Waals surface area (Å²) in [6, 6.07) is 7.02. The minimum atomic E-state index is -2.99. The van der Waals surface area contributed by atoms with E-state index in [9.17, 15) is 13.2 Å². The number of rotatable bonds is 4. The van der Waals surface area contributed by atoms with Crippen molar-refractivity contribution in [2.45, 2.75) is 19.4 Å². The number of benzene rings is 1. The molecule has 0 aromatic heterocycles. The van der Waals surface area contributed by atoms with Gasteiger partial charge >= 0.3 is 0 Å². The number of anilines is 1. The molecular formula is C15H20N2O3S. The summed E-state index contributed by atoms with van der Waals surface area (Å²) in [5.41, 5.74) is 7.17. The second-order valence-corrected chi connectivity index (χ2v) is 7.41. The Balaban J connectivity index is 2.07. The summed E-state index contributed by atoms with van der Waals surface area (Å²) in [5.74, 6) is 0.0704. The molecule has 1 unspecified atom stereocenters. The Morgan fingerprint density at radius 1 is 1.48 bits per heavy atom. The van der Waals surface area contributed by atoms with Crippen LogP contribution in [0.3, 0.4) is 0 Å². The maximum absolute atomic E-state index is 12.2. The molecule has 0 radical (unpaired) electrons. The molecule has 2 rings (SSSR count). The second kappa shape index (κ2) is 6.30. The van der Waals surface area contributed by atoms with Gasteiger partial charge < -0.3 is 10.6 Å². The van der Waals surface area contributed by atoms with Gasteiger partial charge in [-0.3, -0.25) is 4.79 Å². The first-order valence-corrected chi connectivity index (χ1v) is 8.78. The number of carbonyl (C=O) groups excluding carboxylic acids is 1. The van der Waals surface area contributed by atoms with E-state index in [-0.39, 0.29) is 23.5 Å². The Hall–Kier alpha value is -1.82. The van der Waals surface area contributed by atoms with Crippen molar-refractivity contribution in [1.82, 2.24) is 4.90 Å². The highest BCUT2D eigenvalue weighted by molar-refractivity contribution is 7.91. The van der Waals surface area contributed by atoms with Crippen LogP contribution in [0.4, 0.5) is 5.69 Å². The lowest BCUT2D eigenvalue weighted by molar-refractivity contribution is -0.127. The maximum atomic E-state index is 12.2. The molecule has 1 amide bonds. The molecule has 0 bridgehead atoms. The smallest absolute Gasteiger partial charge is 0.246 e. The number of nitrogens with zero attached hydrogens (tertiary/aromatic N) is 1. The molecule has 1 fully saturated rings. The van der Waals surface area contributed by atoms with Crippen LogP contribution in [0.1, 0.15) is 18.9 Å². The standard InChI is InChI=1S/C15H20N2O3S/c1-2-17(14-8-9-21(19,20)11-14)15(18)7-6-12-4-3-5-13(16)10-12/h3-7,10,14H,2,8-9,11,16H2,1H3/b7-6+. The minimum absolute atomic E-state index is 0.0682. The number of nitrogens with two attached hydrogens (primary N) is 1. The highest BCUT2D eigenvalue weighted by atomic mass is 32.2. The van der Waals surface area contributed by atoms with Crippen LogP contribution in [0.15, 0.2) is 30.3 Å². The van der Waals surface area contributed by atoms with E-state index < -0.39 is 9.84 Å². The second-order valence-electron chi connectivity index (χ2n) is 5.18. The average Bonchev–Trinajstić information content (AvgIpc) is 2.77. The van der Waals surface area contributed by atoms with E-state index in [4.69, 9.17) is 5.73 Å². The molecule has 21 heavy (non-hydrogen) atoms. The number of carbonyl (C=O) groups is 1. The summed E-state index contributed by atoms with van der Waals surface area (Å²) in [4.78, 5) is 13.9. The van der Waals surface area contributed by atoms with Crippen molar-refractivity contribution >= 4 is 27.5 Å². The highest BCUT2D eigenvalue weighted by Crippen LogP contribution is 2.18. The summed E-state index contributed by atoms with van der Waals surface area (Å²) in [7, 11) is -2.99. The van der Waals surface area contributed by atoms with Crippen LogP contribution < -0.4 is 5.73 Å². The molecule has 114 valence electrons. The Morgan fingerprint density at radius 2 is 2.24 bits per heavy atom. The van der Waals surface area contributed by atoms with Crippen LogP contribution in [0, 0.1) is 0 Å². The molecule has 1 saturated heterocycles. The summed E-state index contributed by atoms with van der Waals surface area (Å²) < 4.78 is 23.1. The fourth-order valence-electron chi connectivity index (χ4n) is 2.54. The van der Waals surface area contributed by atoms with Gasteiger partial charge in [0.15, 0.2) is 9.84 Å². The van der Waals surface area contributed by atoms with Crippen molar-refractivity contribution < 1.29 is 13.2 Å². The van der Waals surface area contributed by atoms with Crippen molar-refractivity contribution in [3.05, 3.63) is 35.9 Å². The van der Waals surface area contributed by atoms with Gasteiger partial charge in [0, 0.05) is 24.4 Å². The van der Waals surface area contributed by atoms with Crippen LogP contribution in [-0.4, -0.2) is 43.3 Å². The van der Waals surface area contributed by atoms with Crippen molar-refractivity contribution in [3.63, 3.8) is 0 Å². The molecule has 6 heteroatoms. The van der Waals surface area contributed by atoms with Gasteiger partial charge in [-0.15, -0.1) is 0 Å². The predicted octanol–water partition coefficient (Wildman–Crippen LogP) is 1.32. The molecule has 1 aliphatic heterocycles. The Labute approximate surface area is 125 Å². The first-order valence-electron chi connectivity index (χ1n) is 6.96. The van der Waals surface area contributed by atoms with Gasteiger partial charge in [-0.2, -0.15) is 0 Å². The van der Waals surface area contributed by atoms with Crippen molar-refractivity contribution in [3.8, 4) is 0 Å². The third-order valence-corrected chi connectivity index (χ3v) is 5.35. The lowest BCUT2D eigenvalue weighted by Crippen LogP contribution is -2.40. The molecular weight excluding hydrogens is 288 g/mol. The van der Waals surface area contributed by atoms with E-state index in [0.717, 1.165) is 5.56 Å². The van der Waals surface area contributed by atoms with E-state index in [2.05, 4.69) is 0 Å². The first-order chi connectivity index (χ1) is 9.91. The van der Waals surface area contributed by atoms with Crippen molar-refractivity contribution in [2.24, 2.45) is 0 Å². The lowest BCUT2D eigenvalue weighted by atomic mass is 10.1. The predicted molar refractivity (Wildman–Crippen MR) is 84.3 cm³/mol. The van der Waals surface area contributed by atoms with Crippen molar-refractivity contribution in [2.75, 3.05) is 23.8 Å². The maximum Gasteiger partial charge on any atom is 0.246 e. The zero-order valence-electron chi connectivity index (χ0n) is 12.0. The number of sulfone groups is 1. The summed E-state index contributed by atoms with van der Waals surface area (Å²) >= 11 is 0. The van der Waals surface area contributed by atoms with Gasteiger partial charge in [0.1, 0.15) is 0 Å². The number of nitrogen functional groups attached to an aromatic ring is 1. The molecule has 1 aromatic rings. The fourth-order valence-corrected chi connectivity index (χ4v) is 4.27. The van der Waals surface area contributed by atoms with Crippen LogP contribution in [-0.2, 0) is 14.6 Å². The summed E-state index contributed by atoms with van der Waals surface area (Å²) in [6.45, 7) is 2.36. The number of amides is 1. The van der Waals surface area contributed by atoms with E-state index in [1.165, 1.54) is 6.08 Å². The molecule has 2 N–H and O–H groups in total. The lowest BCUT2D eigenvalue weighted by Gasteiger charge is -2.25. The monoisotopic (exact) mass is 308 g/mol. The summed E-state index contributed by atoms with van der Waals surface area (Å²) in [5, 5.41) is 0. The minimum Gasteiger partial charge on any atom is -0.399 e. The largest absolute Gasteiger partial charge is 0.399 e. The van der Waals surface area contributed by atoms with Gasteiger partial charge in [0.05, 0.1) is 11.5 Å². The first kappa shape index (κ1) is 15.6. The quantitative estimate of drug-likeness (QED) is 0.672. The zero-order valence-corrected chi connectivity index (χ0v) is 12.8. The Bertz CT molecular complexity index is 653. The van der Waals surface area contributed by atoms with E-state index >= 15 is 0 Å². The van der Waals surface area contributed by atoms with Gasteiger partial charge in [0.25, 0.3) is 0 Å². The average molecular weight is 308 g/mol. The number of hydrogen-bond donors (Lipinski definition) is 1. The van der Waals surface area contributed by atoms with Gasteiger partial charge in [-0.05, 0) is 37.1 Å². The van der Waals surface area contributed by atoms with Crippen molar-refractivity contribution in [1.29, 1.82) is 0 Å². The van der Waals surface area contributed by atoms with Gasteiger partial charge in [-0.25, -0.2) is 8.42 Å². The van der Waals surface area contributed by atoms with Crippen LogP contribution in [0.25, 0.3) is 6.08 Å². The molecule has 1 aliphatic rings. The summed E-state index contributed by atoms with van der Waals surface area (Å²) in [6.07, 6.45) is 3.70. The molecule has 0 spiro atoms. The molecule has 0 aliphatic carbocycles. The molecule has 0 saturated carbocycles. The molecule has 1 heterocycles. The number of likely N-dealkylation sites (N-methyl/N-ethyl adjacent to an activating group) is 1. The third-order valence-electron chi connectivity index (χ3n) is 3.60. The van der Waals surface area contributed by atoms with Crippen LogP contribution in [0.2, 0.25) is 0 Å². The fraction of sp³-hybridized carbons (Fsp3) is 0.400. The molecule has 5 nitrogen and oxygen atoms in total. The third kappa shape index (κ3) is 4.07. The Morgan fingerprint density at radius 3 is 2.81 bits per heavy atom. The highest BCUT2D eigenvalue weighted by Gasteiger charge is 2.33. The SMILES string of the molecule is CCN(C(=O)/C=C/c1cccc(N)c1)C1CCS(=O)(=O)C1. The van der Waals surface area contributed by atoms with Gasteiger partial charge in [-0.1, -0.05) is 12.1 Å². The van der Waals surface area contributed by atoms with Gasteiger partial charge in [0.2, 0.25) is 5.91 Å². The number of hydrogen-bond acceptors (Lipinski definition) is 4. The van der Waals surface area contributed by atoms with E-state index in [0.29, 0.717) is 18.7 Å². The van der Waals surface area contributed by atoms with Crippen LogP contribution in [0.5, 0.6) is 0 Å².